The van der Waals surface area contributed by atoms with Crippen molar-refractivity contribution in [3.8, 4) is 11.5 Å². The van der Waals surface area contributed by atoms with Crippen LogP contribution in [0.5, 0.6) is 11.5 Å². The van der Waals surface area contributed by atoms with Crippen LogP contribution < -0.4 is 15.2 Å². The first kappa shape index (κ1) is 20.0. The molecule has 0 aliphatic carbocycles. The molecule has 2 aromatic carbocycles. The number of hydrogen-bond acceptors (Lipinski definition) is 5. The first-order valence-electron chi connectivity index (χ1n) is 10.6. The van der Waals surface area contributed by atoms with Crippen LogP contribution in [0.25, 0.3) is 11.1 Å². The van der Waals surface area contributed by atoms with Crippen LogP contribution >= 0.6 is 11.6 Å². The Hall–Kier alpha value is -2.93. The van der Waals surface area contributed by atoms with E-state index >= 15 is 0 Å². The monoisotopic (exact) mass is 442 g/mol. The Balaban J connectivity index is 1.32. The Bertz CT molecular complexity index is 1180. The van der Waals surface area contributed by atoms with Crippen LogP contribution in [0.4, 0.5) is 0 Å². The third-order valence-electron chi connectivity index (χ3n) is 5.91. The molecule has 1 amide bonds. The molecule has 1 fully saturated rings. The molecule has 5 rings (SSSR count). The molecule has 0 radical (unpaired) electrons. The maximum absolute atomic E-state index is 13.1. The van der Waals surface area contributed by atoms with Crippen molar-refractivity contribution in [2.75, 3.05) is 19.8 Å². The highest BCUT2D eigenvalue weighted by atomic mass is 35.5. The van der Waals surface area contributed by atoms with Crippen molar-refractivity contribution < 1.29 is 18.7 Å². The van der Waals surface area contributed by atoms with Crippen LogP contribution in [0.2, 0.25) is 5.02 Å². The normalized spacial score (nSPS) is 18.4. The van der Waals surface area contributed by atoms with Gasteiger partial charge in [-0.1, -0.05) is 17.7 Å². The summed E-state index contributed by atoms with van der Waals surface area (Å²) in [6.45, 7) is 2.24. The van der Waals surface area contributed by atoms with Gasteiger partial charge in [-0.2, -0.15) is 0 Å². The van der Waals surface area contributed by atoms with Crippen molar-refractivity contribution in [2.45, 2.75) is 38.3 Å². The van der Waals surface area contributed by atoms with E-state index in [1.807, 2.05) is 23.1 Å². The lowest BCUT2D eigenvalue weighted by molar-refractivity contribution is -0.132. The maximum Gasteiger partial charge on any atom is 0.419 e. The van der Waals surface area contributed by atoms with Crippen LogP contribution in [-0.2, 0) is 11.3 Å². The number of carbonyl (C=O) groups is 1. The van der Waals surface area contributed by atoms with Gasteiger partial charge in [0.15, 0.2) is 17.1 Å². The molecule has 1 atom stereocenters. The number of likely N-dealkylation sites (tertiary alicyclic amines) is 1. The molecular formula is C23H23ClN2O5. The molecule has 1 aromatic heterocycles. The molecule has 0 bridgehead atoms. The van der Waals surface area contributed by atoms with Gasteiger partial charge in [-0.25, -0.2) is 4.79 Å². The molecule has 8 heteroatoms. The van der Waals surface area contributed by atoms with Crippen LogP contribution in [-0.4, -0.2) is 35.1 Å². The second kappa shape index (κ2) is 8.30. The van der Waals surface area contributed by atoms with Gasteiger partial charge in [-0.3, -0.25) is 9.36 Å². The smallest absolute Gasteiger partial charge is 0.419 e. The standard InChI is InChI=1S/C23H23ClN2O5/c24-16-5-6-18-20(14-16)31-23(28)26(18)10-8-22(27)25-9-1-3-17(25)15-4-7-19-21(13-15)30-12-2-11-29-19/h4-7,13-14,17H,1-3,8-12H2/t17-/m0/s1. The van der Waals surface area contributed by atoms with E-state index in [1.54, 1.807) is 18.2 Å². The molecule has 0 unspecified atom stereocenters. The third kappa shape index (κ3) is 3.90. The molecule has 3 aromatic rings. The van der Waals surface area contributed by atoms with Crippen LogP contribution in [0.1, 0.15) is 37.3 Å². The predicted molar refractivity (Wildman–Crippen MR) is 116 cm³/mol. The van der Waals surface area contributed by atoms with E-state index in [0.29, 0.717) is 35.9 Å². The summed E-state index contributed by atoms with van der Waals surface area (Å²) in [6, 6.07) is 11.0. The van der Waals surface area contributed by atoms with Crippen molar-refractivity contribution in [1.82, 2.24) is 9.47 Å². The highest BCUT2D eigenvalue weighted by Crippen LogP contribution is 2.38. The number of nitrogens with zero attached hydrogens (tertiary/aromatic N) is 2. The molecule has 7 nitrogen and oxygen atoms in total. The number of fused-ring (bicyclic) bond motifs is 2. The minimum Gasteiger partial charge on any atom is -0.490 e. The summed E-state index contributed by atoms with van der Waals surface area (Å²) in [7, 11) is 0. The van der Waals surface area contributed by atoms with E-state index in [0.717, 1.165) is 36.3 Å². The highest BCUT2D eigenvalue weighted by molar-refractivity contribution is 6.31. The molecule has 2 aliphatic heterocycles. The number of carbonyl (C=O) groups excluding carboxylic acids is 1. The number of amides is 1. The van der Waals surface area contributed by atoms with Gasteiger partial charge in [-0.05, 0) is 42.7 Å². The van der Waals surface area contributed by atoms with E-state index in [-0.39, 0.29) is 24.9 Å². The van der Waals surface area contributed by atoms with E-state index in [1.165, 1.54) is 4.57 Å². The molecule has 2 aliphatic rings. The summed E-state index contributed by atoms with van der Waals surface area (Å²) in [5.41, 5.74) is 2.12. The summed E-state index contributed by atoms with van der Waals surface area (Å²) in [4.78, 5) is 27.2. The van der Waals surface area contributed by atoms with Gasteiger partial charge in [0.25, 0.3) is 0 Å². The van der Waals surface area contributed by atoms with Gasteiger partial charge in [0.05, 0.1) is 24.8 Å². The van der Waals surface area contributed by atoms with Gasteiger partial charge in [0.1, 0.15) is 0 Å². The van der Waals surface area contributed by atoms with Crippen molar-refractivity contribution in [2.24, 2.45) is 0 Å². The Morgan fingerprint density at radius 3 is 2.77 bits per heavy atom. The van der Waals surface area contributed by atoms with Gasteiger partial charge in [0.2, 0.25) is 5.91 Å². The lowest BCUT2D eigenvalue weighted by Gasteiger charge is -2.26. The van der Waals surface area contributed by atoms with Gasteiger partial charge < -0.3 is 18.8 Å². The molecule has 1 saturated heterocycles. The zero-order valence-corrected chi connectivity index (χ0v) is 17.8. The van der Waals surface area contributed by atoms with E-state index in [9.17, 15) is 9.59 Å². The maximum atomic E-state index is 13.1. The molecule has 0 N–H and O–H groups in total. The van der Waals surface area contributed by atoms with Crippen LogP contribution in [0.15, 0.2) is 45.6 Å². The highest BCUT2D eigenvalue weighted by Gasteiger charge is 2.30. The quantitative estimate of drug-likeness (QED) is 0.606. The zero-order chi connectivity index (χ0) is 21.4. The number of halogens is 1. The minimum atomic E-state index is -0.481. The Labute approximate surface area is 184 Å². The fourth-order valence-electron chi connectivity index (χ4n) is 4.40. The minimum absolute atomic E-state index is 0.00118. The average molecular weight is 443 g/mol. The fraction of sp³-hybridized carbons (Fsp3) is 0.391. The number of rotatable bonds is 4. The first-order valence-corrected chi connectivity index (χ1v) is 11.0. The van der Waals surface area contributed by atoms with Gasteiger partial charge >= 0.3 is 5.76 Å². The fourth-order valence-corrected chi connectivity index (χ4v) is 4.56. The van der Waals surface area contributed by atoms with Gasteiger partial charge in [0, 0.05) is 37.0 Å². The largest absolute Gasteiger partial charge is 0.490 e. The molecule has 0 saturated carbocycles. The second-order valence-corrected chi connectivity index (χ2v) is 8.32. The summed E-state index contributed by atoms with van der Waals surface area (Å²) in [5, 5.41) is 0.500. The number of hydrogen-bond donors (Lipinski definition) is 0. The van der Waals surface area contributed by atoms with Gasteiger partial charge in [-0.15, -0.1) is 0 Å². The van der Waals surface area contributed by atoms with Crippen molar-refractivity contribution in [3.63, 3.8) is 0 Å². The second-order valence-electron chi connectivity index (χ2n) is 7.88. The zero-order valence-electron chi connectivity index (χ0n) is 17.0. The Morgan fingerprint density at radius 2 is 1.90 bits per heavy atom. The number of aryl methyl sites for hydroxylation is 1. The molecule has 31 heavy (non-hydrogen) atoms. The summed E-state index contributed by atoms with van der Waals surface area (Å²) < 4.78 is 18.3. The molecule has 0 spiro atoms. The van der Waals surface area contributed by atoms with Crippen molar-refractivity contribution in [3.05, 3.63) is 57.5 Å². The van der Waals surface area contributed by atoms with E-state index < -0.39 is 5.76 Å². The van der Waals surface area contributed by atoms with Crippen molar-refractivity contribution >= 4 is 28.6 Å². The predicted octanol–water partition coefficient (Wildman–Crippen LogP) is 4.16. The summed E-state index contributed by atoms with van der Waals surface area (Å²) in [5.74, 6) is 1.03. The Morgan fingerprint density at radius 1 is 1.06 bits per heavy atom. The Kier molecular flexibility index (Phi) is 5.36. The number of ether oxygens (including phenoxy) is 2. The van der Waals surface area contributed by atoms with E-state index in [2.05, 4.69) is 0 Å². The number of aromatic nitrogens is 1. The lowest BCUT2D eigenvalue weighted by atomic mass is 10.0. The first-order chi connectivity index (χ1) is 15.1. The number of oxazole rings is 1. The SMILES string of the molecule is O=C(CCn1c(=O)oc2cc(Cl)ccc21)N1CCC[C@H]1c1ccc2c(c1)OCCCO2. The third-order valence-corrected chi connectivity index (χ3v) is 6.14. The number of benzene rings is 2. The lowest BCUT2D eigenvalue weighted by Crippen LogP contribution is -2.32. The van der Waals surface area contributed by atoms with Crippen LogP contribution in [0, 0.1) is 0 Å². The topological polar surface area (TPSA) is 73.9 Å². The van der Waals surface area contributed by atoms with Crippen molar-refractivity contribution in [1.29, 1.82) is 0 Å². The summed E-state index contributed by atoms with van der Waals surface area (Å²) >= 11 is 5.97. The average Bonchev–Trinajstić information content (AvgIpc) is 3.28. The molecular weight excluding hydrogens is 420 g/mol. The summed E-state index contributed by atoms with van der Waals surface area (Å²) in [6.07, 6.45) is 2.92. The van der Waals surface area contributed by atoms with Crippen LogP contribution in [0.3, 0.4) is 0 Å². The molecule has 162 valence electrons. The van der Waals surface area contributed by atoms with E-state index in [4.69, 9.17) is 25.5 Å². The molecule has 3 heterocycles.